The molecule has 1 aromatic carbocycles. The lowest BCUT2D eigenvalue weighted by molar-refractivity contribution is 0.200. The van der Waals surface area contributed by atoms with Crippen molar-refractivity contribution in [2.75, 3.05) is 14.2 Å². The largest absolute Gasteiger partial charge is 0.493 e. The van der Waals surface area contributed by atoms with E-state index in [1.807, 2.05) is 6.07 Å². The molecule has 0 amide bonds. The average molecular weight is 501 g/mol. The van der Waals surface area contributed by atoms with Crippen molar-refractivity contribution in [1.29, 1.82) is 0 Å². The van der Waals surface area contributed by atoms with Gasteiger partial charge in [0.05, 0.1) is 13.2 Å². The van der Waals surface area contributed by atoms with Crippen molar-refractivity contribution in [1.82, 2.24) is 10.6 Å². The molecule has 0 spiro atoms. The Morgan fingerprint density at radius 2 is 1.85 bits per heavy atom. The number of nitrogens with one attached hydrogen (secondary N) is 2. The predicted molar refractivity (Wildman–Crippen MR) is 123 cm³/mol. The van der Waals surface area contributed by atoms with E-state index in [2.05, 4.69) is 44.6 Å². The number of hydrogen-bond acceptors (Lipinski definition) is 4. The fourth-order valence-electron chi connectivity index (χ4n) is 3.09. The number of halogens is 1. The molecule has 1 fully saturated rings. The van der Waals surface area contributed by atoms with Crippen LogP contribution in [-0.2, 0) is 13.1 Å². The number of methoxy groups -OCH3 is 1. The highest BCUT2D eigenvalue weighted by Crippen LogP contribution is 2.32. The lowest BCUT2D eigenvalue weighted by Gasteiger charge is -2.17. The second kappa shape index (κ2) is 11.4. The van der Waals surface area contributed by atoms with E-state index in [0.717, 1.165) is 42.4 Å². The van der Waals surface area contributed by atoms with Gasteiger partial charge < -0.3 is 20.1 Å². The van der Waals surface area contributed by atoms with Crippen molar-refractivity contribution >= 4 is 41.3 Å². The molecule has 0 atom stereocenters. The Morgan fingerprint density at radius 1 is 1.11 bits per heavy atom. The predicted octanol–water partition coefficient (Wildman–Crippen LogP) is 4.56. The molecule has 0 radical (unpaired) electrons. The van der Waals surface area contributed by atoms with Crippen LogP contribution in [0.3, 0.4) is 0 Å². The highest BCUT2D eigenvalue weighted by atomic mass is 127. The van der Waals surface area contributed by atoms with Gasteiger partial charge in [-0.1, -0.05) is 6.07 Å². The number of benzene rings is 1. The van der Waals surface area contributed by atoms with Crippen molar-refractivity contribution < 1.29 is 9.47 Å². The van der Waals surface area contributed by atoms with Gasteiger partial charge in [-0.15, -0.1) is 24.0 Å². The van der Waals surface area contributed by atoms with Crippen molar-refractivity contribution in [3.05, 3.63) is 46.2 Å². The van der Waals surface area contributed by atoms with Gasteiger partial charge in [-0.3, -0.25) is 4.99 Å². The van der Waals surface area contributed by atoms with E-state index in [-0.39, 0.29) is 24.0 Å². The molecule has 2 N–H and O–H groups in total. The first-order chi connectivity index (χ1) is 12.8. The standard InChI is InChI=1S/C20H27N3O2S.HI/c1-21-20(23-13-16-9-10-26-14-16)22-12-15-7-8-18(24-2)19(11-15)25-17-5-3-4-6-17;/h7-11,14,17H,3-6,12-13H2,1-2H3,(H2,21,22,23);1H. The number of thiophene rings is 1. The molecule has 1 aromatic heterocycles. The molecule has 0 bridgehead atoms. The van der Waals surface area contributed by atoms with Gasteiger partial charge in [-0.05, 0) is 65.8 Å². The van der Waals surface area contributed by atoms with Crippen LogP contribution in [0.4, 0.5) is 0 Å². The minimum atomic E-state index is 0. The Hall–Kier alpha value is -1.48. The molecule has 1 aliphatic carbocycles. The normalized spacial score (nSPS) is 14.5. The van der Waals surface area contributed by atoms with Gasteiger partial charge in [0, 0.05) is 20.1 Å². The van der Waals surface area contributed by atoms with Crippen molar-refractivity contribution in [3.63, 3.8) is 0 Å². The monoisotopic (exact) mass is 501 g/mol. The zero-order valence-corrected chi connectivity index (χ0v) is 19.0. The Bertz CT molecular complexity index is 716. The van der Waals surface area contributed by atoms with Crippen LogP contribution in [-0.4, -0.2) is 26.2 Å². The van der Waals surface area contributed by atoms with Gasteiger partial charge in [0.2, 0.25) is 0 Å². The third-order valence-corrected chi connectivity index (χ3v) is 5.28. The topological polar surface area (TPSA) is 54.9 Å². The third kappa shape index (κ3) is 6.57. The Kier molecular flexibility index (Phi) is 9.20. The molecule has 2 aromatic rings. The highest BCUT2D eigenvalue weighted by Gasteiger charge is 2.18. The molecule has 7 heteroatoms. The molecule has 148 valence electrons. The van der Waals surface area contributed by atoms with Gasteiger partial charge in [-0.25, -0.2) is 0 Å². The number of hydrogen-bond donors (Lipinski definition) is 2. The number of nitrogens with zero attached hydrogens (tertiary/aromatic N) is 1. The van der Waals surface area contributed by atoms with Gasteiger partial charge in [0.1, 0.15) is 0 Å². The summed E-state index contributed by atoms with van der Waals surface area (Å²) < 4.78 is 11.6. The molecule has 5 nitrogen and oxygen atoms in total. The van der Waals surface area contributed by atoms with E-state index < -0.39 is 0 Å². The highest BCUT2D eigenvalue weighted by molar-refractivity contribution is 14.0. The quantitative estimate of drug-likeness (QED) is 0.332. The molecular weight excluding hydrogens is 473 g/mol. The zero-order valence-electron chi connectivity index (χ0n) is 15.9. The maximum atomic E-state index is 6.17. The fourth-order valence-corrected chi connectivity index (χ4v) is 3.76. The van der Waals surface area contributed by atoms with Crippen LogP contribution in [0.5, 0.6) is 11.5 Å². The maximum Gasteiger partial charge on any atom is 0.191 e. The van der Waals surface area contributed by atoms with Crippen molar-refractivity contribution in [2.45, 2.75) is 44.9 Å². The van der Waals surface area contributed by atoms with Crippen LogP contribution in [0.25, 0.3) is 0 Å². The van der Waals surface area contributed by atoms with E-state index in [1.165, 1.54) is 18.4 Å². The number of rotatable bonds is 7. The van der Waals surface area contributed by atoms with Crippen LogP contribution >= 0.6 is 35.3 Å². The van der Waals surface area contributed by atoms with E-state index in [4.69, 9.17) is 9.47 Å². The summed E-state index contributed by atoms with van der Waals surface area (Å²) in [5.74, 6) is 2.41. The maximum absolute atomic E-state index is 6.17. The van der Waals surface area contributed by atoms with Crippen molar-refractivity contribution in [3.8, 4) is 11.5 Å². The lowest BCUT2D eigenvalue weighted by Crippen LogP contribution is -2.36. The number of aliphatic imine (C=N–C) groups is 1. The summed E-state index contributed by atoms with van der Waals surface area (Å²) in [4.78, 5) is 4.28. The first kappa shape index (κ1) is 21.8. The average Bonchev–Trinajstić information content (AvgIpc) is 3.36. The van der Waals surface area contributed by atoms with Crippen LogP contribution in [0.1, 0.15) is 36.8 Å². The van der Waals surface area contributed by atoms with E-state index in [1.54, 1.807) is 25.5 Å². The molecule has 1 saturated carbocycles. The second-order valence-electron chi connectivity index (χ2n) is 6.42. The van der Waals surface area contributed by atoms with Crippen LogP contribution in [0.15, 0.2) is 40.0 Å². The minimum absolute atomic E-state index is 0. The lowest BCUT2D eigenvalue weighted by atomic mass is 10.2. The third-order valence-electron chi connectivity index (χ3n) is 4.55. The first-order valence-electron chi connectivity index (χ1n) is 9.07. The summed E-state index contributed by atoms with van der Waals surface area (Å²) in [5, 5.41) is 10.9. The Labute approximate surface area is 182 Å². The van der Waals surface area contributed by atoms with E-state index >= 15 is 0 Å². The molecule has 0 saturated heterocycles. The van der Waals surface area contributed by atoms with Gasteiger partial charge in [-0.2, -0.15) is 11.3 Å². The number of ether oxygens (including phenoxy) is 2. The molecular formula is C20H28IN3O2S. The smallest absolute Gasteiger partial charge is 0.191 e. The Morgan fingerprint density at radius 3 is 2.48 bits per heavy atom. The van der Waals surface area contributed by atoms with E-state index in [0.29, 0.717) is 12.6 Å². The summed E-state index contributed by atoms with van der Waals surface area (Å²) in [5.41, 5.74) is 2.40. The van der Waals surface area contributed by atoms with E-state index in [9.17, 15) is 0 Å². The number of guanidine groups is 1. The summed E-state index contributed by atoms with van der Waals surface area (Å²) in [7, 11) is 3.47. The first-order valence-corrected chi connectivity index (χ1v) is 10.0. The van der Waals surface area contributed by atoms with Crippen LogP contribution < -0.4 is 20.1 Å². The summed E-state index contributed by atoms with van der Waals surface area (Å²) in [6.07, 6.45) is 5.07. The van der Waals surface area contributed by atoms with Gasteiger partial charge >= 0.3 is 0 Å². The zero-order chi connectivity index (χ0) is 18.2. The molecule has 3 rings (SSSR count). The Balaban J connectivity index is 0.00000261. The SMILES string of the molecule is CN=C(NCc1ccsc1)NCc1ccc(OC)c(OC2CCCC2)c1.I. The molecule has 1 heterocycles. The van der Waals surface area contributed by atoms with Crippen LogP contribution in [0.2, 0.25) is 0 Å². The van der Waals surface area contributed by atoms with Crippen LogP contribution in [0, 0.1) is 0 Å². The summed E-state index contributed by atoms with van der Waals surface area (Å²) in [6.45, 7) is 1.44. The summed E-state index contributed by atoms with van der Waals surface area (Å²) >= 11 is 1.70. The summed E-state index contributed by atoms with van der Waals surface area (Å²) in [6, 6.07) is 8.21. The fraction of sp³-hybridized carbons (Fsp3) is 0.450. The van der Waals surface area contributed by atoms with Crippen molar-refractivity contribution in [2.24, 2.45) is 4.99 Å². The molecule has 0 aliphatic heterocycles. The molecule has 1 aliphatic rings. The van der Waals surface area contributed by atoms with Gasteiger partial charge in [0.25, 0.3) is 0 Å². The molecule has 27 heavy (non-hydrogen) atoms. The van der Waals surface area contributed by atoms with Gasteiger partial charge in [0.15, 0.2) is 17.5 Å². The second-order valence-corrected chi connectivity index (χ2v) is 7.20. The molecule has 0 unspecified atom stereocenters. The minimum Gasteiger partial charge on any atom is -0.493 e.